The van der Waals surface area contributed by atoms with Gasteiger partial charge in [-0.1, -0.05) is 76.2 Å². The van der Waals surface area contributed by atoms with Gasteiger partial charge in [0.1, 0.15) is 46.3 Å². The van der Waals surface area contributed by atoms with Crippen molar-refractivity contribution in [3.05, 3.63) is 253 Å². The van der Waals surface area contributed by atoms with E-state index >= 15 is 0 Å². The topological polar surface area (TPSA) is 144 Å². The first-order chi connectivity index (χ1) is 43.3. The smallest absolute Gasteiger partial charge is 0.431 e. The molecular weight excluding hydrogens is 1620 g/mol. The van der Waals surface area contributed by atoms with Gasteiger partial charge in [-0.15, -0.1) is 85.4 Å². The summed E-state index contributed by atoms with van der Waals surface area (Å²) in [5.41, 5.74) is -1.42. The van der Waals surface area contributed by atoms with Gasteiger partial charge in [-0.3, -0.25) is 46.3 Å². The maximum Gasteiger partial charge on any atom is 0.431 e. The van der Waals surface area contributed by atoms with Crippen LogP contribution in [0.5, 0.6) is 0 Å². The molecule has 6 heterocycles. The molecule has 0 amide bonds. The molecule has 10 aromatic rings. The summed E-state index contributed by atoms with van der Waals surface area (Å²) in [7, 11) is 0. The summed E-state index contributed by atoms with van der Waals surface area (Å²) in [6.07, 6.45) is -2.02. The van der Waals surface area contributed by atoms with E-state index in [-0.39, 0.29) is 121 Å². The van der Waals surface area contributed by atoms with E-state index in [1.807, 2.05) is 57.7 Å². The zero-order valence-electron chi connectivity index (χ0n) is 49.2. The largest absolute Gasteiger partial charge is 0.572 e. The third-order valence-electron chi connectivity index (χ3n) is 12.5. The first-order valence-corrected chi connectivity index (χ1v) is 26.8. The zero-order valence-corrected chi connectivity index (χ0v) is 54.0. The SMILES string of the molecule is CC(C)(C)c1nc(-c2cc(C(F)(F)F)n[n-]2)nc(-c2[c-]cc(F)cc2F)n1.CC(C)(C)c1nc(-c2cc(C(F)(F)F)n[n-]2)nc(-c2[c-]cc(F)cc2F)n1.Fc1c[c-]c(N2C=CN(c3ccc(F)cc3)[CH-]2)cc1.Fc1c[c-]c(N2C=CN(c3ccc(F)cc3)[CH-]2)cc1.[Ir].[Ir]. The molecule has 0 saturated heterocycles. The van der Waals surface area contributed by atoms with Gasteiger partial charge in [0.25, 0.3) is 0 Å². The Morgan fingerprint density at radius 1 is 0.372 bits per heavy atom. The average Bonchev–Trinajstić information content (AvgIpc) is 1.17. The van der Waals surface area contributed by atoms with Crippen LogP contribution in [0.3, 0.4) is 0 Å². The van der Waals surface area contributed by atoms with E-state index in [2.05, 4.69) is 74.6 Å². The number of aromatic nitrogens is 10. The van der Waals surface area contributed by atoms with E-state index in [0.29, 0.717) is 24.3 Å². The molecule has 12 rings (SSSR count). The van der Waals surface area contributed by atoms with Gasteiger partial charge in [0.05, 0.1) is 11.6 Å². The predicted molar refractivity (Wildman–Crippen MR) is 309 cm³/mol. The van der Waals surface area contributed by atoms with Crippen molar-refractivity contribution in [3.8, 4) is 45.8 Å². The van der Waals surface area contributed by atoms with Crippen LogP contribution in [0.25, 0.3) is 45.8 Å². The Kier molecular flexibility index (Phi) is 22.9. The number of alkyl halides is 6. The fourth-order valence-electron chi connectivity index (χ4n) is 7.84. The summed E-state index contributed by atoms with van der Waals surface area (Å²) in [5, 5.41) is 13.1. The molecule has 4 aromatic heterocycles. The van der Waals surface area contributed by atoms with Crippen LogP contribution in [-0.4, -0.2) is 40.1 Å². The zero-order chi connectivity index (χ0) is 66.5. The minimum Gasteiger partial charge on any atom is -0.572 e. The molecule has 0 fully saturated rings. The van der Waals surface area contributed by atoms with Crippen molar-refractivity contribution in [1.82, 2.24) is 50.3 Å². The fraction of sp³-hybridized carbons (Fsp3) is 0.156. The molecule has 2 aliphatic heterocycles. The van der Waals surface area contributed by atoms with Crippen LogP contribution in [0.1, 0.15) is 64.6 Å². The standard InChI is InChI=1S/2C17H12F5N5.2C15H10F2N2.2Ir/c2*1-16(2,3)15-24-13(9-5-4-8(18)6-10(9)19)23-14(25-15)11-7-12(27-26-11)17(20,21)22;2*16-12-1-5-14(6-2-12)18-9-10-19(11-18)15-7-3-13(17)4-8-15;;/h2*4,6-7H,1-3H3;2*1-7,9-11H;;/q4*-2;;. The van der Waals surface area contributed by atoms with Gasteiger partial charge < -0.3 is 40.0 Å². The minimum absolute atomic E-state index is 0. The van der Waals surface area contributed by atoms with Crippen molar-refractivity contribution in [2.45, 2.75) is 64.7 Å². The maximum absolute atomic E-state index is 14.1. The normalized spacial score (nSPS) is 12.9. The number of benzene rings is 6. The van der Waals surface area contributed by atoms with Crippen molar-refractivity contribution in [2.24, 2.45) is 0 Å². The monoisotopic (exact) mass is 1660 g/mol. The molecule has 0 saturated carbocycles. The molecule has 14 nitrogen and oxygen atoms in total. The average molecular weight is 1660 g/mol. The van der Waals surface area contributed by atoms with Crippen LogP contribution in [0.2, 0.25) is 0 Å². The van der Waals surface area contributed by atoms with E-state index in [4.69, 9.17) is 0 Å². The number of nitrogens with zero attached hydrogens (tertiary/aromatic N) is 14. The number of hydrogen-bond donors (Lipinski definition) is 0. The maximum atomic E-state index is 14.1. The summed E-state index contributed by atoms with van der Waals surface area (Å²) >= 11 is 0. The van der Waals surface area contributed by atoms with Gasteiger partial charge in [-0.05, 0) is 85.5 Å². The second-order valence-electron chi connectivity index (χ2n) is 21.6. The van der Waals surface area contributed by atoms with Crippen LogP contribution in [0.15, 0.2) is 146 Å². The molecule has 0 N–H and O–H groups in total. The Morgan fingerprint density at radius 2 is 0.691 bits per heavy atom. The Labute approximate surface area is 555 Å². The van der Waals surface area contributed by atoms with Crippen molar-refractivity contribution < 1.29 is 102 Å². The molecule has 2 aliphatic rings. The summed E-state index contributed by atoms with van der Waals surface area (Å²) in [6, 6.07) is 35.9. The van der Waals surface area contributed by atoms with Gasteiger partial charge in [-0.25, -0.2) is 18.7 Å². The number of hydrogen-bond acceptors (Lipinski definition) is 12. The van der Waals surface area contributed by atoms with Gasteiger partial charge in [0.2, 0.25) is 0 Å². The summed E-state index contributed by atoms with van der Waals surface area (Å²) in [4.78, 5) is 31.9. The van der Waals surface area contributed by atoms with Gasteiger partial charge in [0, 0.05) is 97.3 Å². The summed E-state index contributed by atoms with van der Waals surface area (Å²) < 4.78 is 183. The molecule has 6 aromatic carbocycles. The van der Waals surface area contributed by atoms with E-state index in [1.54, 1.807) is 77.9 Å². The second-order valence-corrected chi connectivity index (χ2v) is 21.6. The molecule has 94 heavy (non-hydrogen) atoms. The van der Waals surface area contributed by atoms with Gasteiger partial charge in [-0.2, -0.15) is 38.5 Å². The fourth-order valence-corrected chi connectivity index (χ4v) is 7.84. The van der Waals surface area contributed by atoms with E-state index in [1.165, 1.54) is 48.5 Å². The second kappa shape index (κ2) is 29.8. The molecule has 0 atom stereocenters. The summed E-state index contributed by atoms with van der Waals surface area (Å²) in [6.45, 7) is 14.2. The van der Waals surface area contributed by atoms with Crippen molar-refractivity contribution in [3.63, 3.8) is 0 Å². The van der Waals surface area contributed by atoms with E-state index in [0.717, 1.165) is 34.9 Å². The Balaban J connectivity index is 0.000000178. The van der Waals surface area contributed by atoms with Crippen molar-refractivity contribution >= 4 is 22.7 Å². The number of anilines is 4. The van der Waals surface area contributed by atoms with Crippen molar-refractivity contribution in [1.29, 1.82) is 0 Å². The third-order valence-corrected chi connectivity index (χ3v) is 12.5. The van der Waals surface area contributed by atoms with E-state index in [9.17, 15) is 61.5 Å². The molecule has 494 valence electrons. The van der Waals surface area contributed by atoms with Crippen LogP contribution in [0, 0.1) is 84.1 Å². The van der Waals surface area contributed by atoms with Crippen LogP contribution >= 0.6 is 0 Å². The Bertz CT molecular complexity index is 3870. The first-order valence-electron chi connectivity index (χ1n) is 26.8. The van der Waals surface area contributed by atoms with Crippen molar-refractivity contribution in [2.75, 3.05) is 19.6 Å². The third kappa shape index (κ3) is 18.5. The van der Waals surface area contributed by atoms with Crippen LogP contribution in [0.4, 0.5) is 84.2 Å². The Hall–Kier alpha value is -9.24. The summed E-state index contributed by atoms with van der Waals surface area (Å²) in [5.74, 6) is -5.18. The predicted octanol–water partition coefficient (Wildman–Crippen LogP) is 15.3. The molecule has 0 aliphatic carbocycles. The number of halogens is 14. The molecule has 30 heteroatoms. The van der Waals surface area contributed by atoms with Crippen LogP contribution < -0.4 is 29.8 Å². The van der Waals surface area contributed by atoms with Gasteiger partial charge in [0.15, 0.2) is 0 Å². The first kappa shape index (κ1) is 72.2. The molecule has 0 bridgehead atoms. The molecule has 0 spiro atoms. The number of rotatable bonds is 8. The quantitative estimate of drug-likeness (QED) is 0.105. The van der Waals surface area contributed by atoms with Gasteiger partial charge >= 0.3 is 12.4 Å². The molecular formula is C64H44F14Ir2N14-8. The molecule has 2 radical (unpaired) electrons. The minimum atomic E-state index is -4.68. The molecule has 0 unspecified atom stereocenters. The Morgan fingerprint density at radius 3 is 0.989 bits per heavy atom. The van der Waals surface area contributed by atoms with E-state index < -0.39 is 57.8 Å². The van der Waals surface area contributed by atoms with Crippen LogP contribution in [-0.2, 0) is 63.4 Å².